The van der Waals surface area contributed by atoms with Gasteiger partial charge in [-0.25, -0.2) is 8.42 Å². The number of morpholine rings is 2. The normalized spacial score (nSPS) is 19.9. The second-order valence-corrected chi connectivity index (χ2v) is 10.5. The molecule has 3 aliphatic heterocycles. The number of hydrogen-bond acceptors (Lipinski definition) is 6. The summed E-state index contributed by atoms with van der Waals surface area (Å²) in [4.78, 5) is 17.9. The fraction of sp³-hybridized carbons (Fsp3) is 0.458. The van der Waals surface area contributed by atoms with E-state index in [4.69, 9.17) is 9.47 Å². The lowest BCUT2D eigenvalue weighted by Crippen LogP contribution is -2.41. The summed E-state index contributed by atoms with van der Waals surface area (Å²) in [6, 6.07) is 13.1. The summed E-state index contributed by atoms with van der Waals surface area (Å²) in [7, 11) is -3.71. The van der Waals surface area contributed by atoms with Gasteiger partial charge in [-0.15, -0.1) is 0 Å². The Morgan fingerprint density at radius 3 is 2.21 bits per heavy atom. The number of benzene rings is 2. The standard InChI is InChI=1S/C24H29N3O5S/c28-24(26-8-7-19-3-1-2-4-20(19)18-26)22-17-21(33(29,30)27-11-15-32-16-12-27)5-6-23(22)25-9-13-31-14-10-25/h1-6,17H,7-16,18H2. The quantitative estimate of drug-likeness (QED) is 0.676. The molecule has 0 bridgehead atoms. The first-order chi connectivity index (χ1) is 16.0. The molecular formula is C24H29N3O5S. The molecule has 1 amide bonds. The Labute approximate surface area is 194 Å². The van der Waals surface area contributed by atoms with Gasteiger partial charge < -0.3 is 19.3 Å². The fourth-order valence-corrected chi connectivity index (χ4v) is 6.14. The number of rotatable bonds is 4. The van der Waals surface area contributed by atoms with E-state index in [1.165, 1.54) is 9.87 Å². The highest BCUT2D eigenvalue weighted by Crippen LogP contribution is 2.30. The van der Waals surface area contributed by atoms with Crippen molar-refractivity contribution in [1.29, 1.82) is 0 Å². The maximum atomic E-state index is 13.8. The Bertz CT molecular complexity index is 1120. The Morgan fingerprint density at radius 1 is 0.818 bits per heavy atom. The van der Waals surface area contributed by atoms with Crippen molar-refractivity contribution in [2.75, 3.05) is 64.1 Å². The van der Waals surface area contributed by atoms with E-state index in [0.29, 0.717) is 71.3 Å². The van der Waals surface area contributed by atoms with Crippen LogP contribution in [0.1, 0.15) is 21.5 Å². The summed E-state index contributed by atoms with van der Waals surface area (Å²) in [6.45, 7) is 5.03. The van der Waals surface area contributed by atoms with Crippen LogP contribution in [-0.2, 0) is 32.5 Å². The molecule has 3 aliphatic rings. The fourth-order valence-electron chi connectivity index (χ4n) is 4.70. The van der Waals surface area contributed by atoms with E-state index in [1.807, 2.05) is 17.0 Å². The second kappa shape index (κ2) is 9.42. The minimum atomic E-state index is -3.71. The van der Waals surface area contributed by atoms with E-state index in [2.05, 4.69) is 17.0 Å². The first-order valence-electron chi connectivity index (χ1n) is 11.4. The summed E-state index contributed by atoms with van der Waals surface area (Å²) < 4.78 is 38.8. The van der Waals surface area contributed by atoms with Gasteiger partial charge in [-0.2, -0.15) is 4.31 Å². The van der Waals surface area contributed by atoms with Crippen LogP contribution in [0, 0.1) is 0 Å². The van der Waals surface area contributed by atoms with Crippen LogP contribution < -0.4 is 4.90 Å². The average Bonchev–Trinajstić information content (AvgIpc) is 2.88. The third-order valence-electron chi connectivity index (χ3n) is 6.58. The Kier molecular flexibility index (Phi) is 6.38. The van der Waals surface area contributed by atoms with Crippen molar-refractivity contribution in [2.45, 2.75) is 17.9 Å². The maximum Gasteiger partial charge on any atom is 0.256 e. The molecule has 0 aromatic heterocycles. The molecule has 5 rings (SSSR count). The molecule has 0 aliphatic carbocycles. The summed E-state index contributed by atoms with van der Waals surface area (Å²) in [5, 5.41) is 0. The number of ether oxygens (including phenoxy) is 2. The molecule has 176 valence electrons. The number of anilines is 1. The van der Waals surface area contributed by atoms with Gasteiger partial charge in [-0.05, 0) is 35.7 Å². The van der Waals surface area contributed by atoms with E-state index in [-0.39, 0.29) is 10.8 Å². The molecule has 2 fully saturated rings. The Hall–Kier alpha value is -2.46. The number of nitrogens with zero attached hydrogens (tertiary/aromatic N) is 3. The van der Waals surface area contributed by atoms with Crippen molar-refractivity contribution in [2.24, 2.45) is 0 Å². The molecule has 0 spiro atoms. The zero-order chi connectivity index (χ0) is 22.8. The van der Waals surface area contributed by atoms with E-state index in [0.717, 1.165) is 17.7 Å². The molecule has 3 heterocycles. The minimum Gasteiger partial charge on any atom is -0.379 e. The third-order valence-corrected chi connectivity index (χ3v) is 8.47. The van der Waals surface area contributed by atoms with Gasteiger partial charge in [-0.1, -0.05) is 24.3 Å². The molecule has 0 N–H and O–H groups in total. The number of sulfonamides is 1. The maximum absolute atomic E-state index is 13.8. The first kappa shape index (κ1) is 22.3. The zero-order valence-corrected chi connectivity index (χ0v) is 19.4. The summed E-state index contributed by atoms with van der Waals surface area (Å²) in [5.74, 6) is -0.134. The molecule has 8 nitrogen and oxygen atoms in total. The highest BCUT2D eigenvalue weighted by atomic mass is 32.2. The van der Waals surface area contributed by atoms with Crippen molar-refractivity contribution in [3.05, 3.63) is 59.2 Å². The smallest absolute Gasteiger partial charge is 0.256 e. The lowest BCUT2D eigenvalue weighted by Gasteiger charge is -2.34. The first-order valence-corrected chi connectivity index (χ1v) is 12.9. The molecule has 2 saturated heterocycles. The number of hydrogen-bond donors (Lipinski definition) is 0. The molecule has 2 aromatic rings. The van der Waals surface area contributed by atoms with Crippen LogP contribution in [0.3, 0.4) is 0 Å². The average molecular weight is 472 g/mol. The topological polar surface area (TPSA) is 79.4 Å². The van der Waals surface area contributed by atoms with E-state index in [9.17, 15) is 13.2 Å². The minimum absolute atomic E-state index is 0.134. The van der Waals surface area contributed by atoms with Crippen LogP contribution in [0.25, 0.3) is 0 Å². The summed E-state index contributed by atoms with van der Waals surface area (Å²) in [5.41, 5.74) is 3.61. The van der Waals surface area contributed by atoms with Crippen LogP contribution in [0.15, 0.2) is 47.4 Å². The third kappa shape index (κ3) is 4.50. The van der Waals surface area contributed by atoms with Gasteiger partial charge >= 0.3 is 0 Å². The van der Waals surface area contributed by atoms with Gasteiger partial charge in [0, 0.05) is 45.0 Å². The van der Waals surface area contributed by atoms with Gasteiger partial charge in [0.05, 0.1) is 36.9 Å². The van der Waals surface area contributed by atoms with Crippen molar-refractivity contribution in [1.82, 2.24) is 9.21 Å². The Balaban J connectivity index is 1.50. The van der Waals surface area contributed by atoms with Crippen molar-refractivity contribution < 1.29 is 22.7 Å². The summed E-state index contributed by atoms with van der Waals surface area (Å²) >= 11 is 0. The number of amides is 1. The van der Waals surface area contributed by atoms with Gasteiger partial charge in [0.2, 0.25) is 10.0 Å². The van der Waals surface area contributed by atoms with Gasteiger partial charge in [0.1, 0.15) is 0 Å². The molecule has 0 atom stereocenters. The van der Waals surface area contributed by atoms with E-state index < -0.39 is 10.0 Å². The molecular weight excluding hydrogens is 442 g/mol. The molecule has 33 heavy (non-hydrogen) atoms. The molecule has 2 aromatic carbocycles. The van der Waals surface area contributed by atoms with Gasteiger partial charge in [-0.3, -0.25) is 4.79 Å². The molecule has 0 radical (unpaired) electrons. The van der Waals surface area contributed by atoms with Crippen LogP contribution in [0.2, 0.25) is 0 Å². The number of carbonyl (C=O) groups is 1. The second-order valence-electron chi connectivity index (χ2n) is 8.54. The van der Waals surface area contributed by atoms with Crippen molar-refractivity contribution in [3.63, 3.8) is 0 Å². The summed E-state index contributed by atoms with van der Waals surface area (Å²) in [6.07, 6.45) is 0.792. The molecule has 9 heteroatoms. The van der Waals surface area contributed by atoms with E-state index in [1.54, 1.807) is 18.2 Å². The number of fused-ring (bicyclic) bond motifs is 1. The van der Waals surface area contributed by atoms with Crippen molar-refractivity contribution in [3.8, 4) is 0 Å². The Morgan fingerprint density at radius 2 is 1.48 bits per heavy atom. The van der Waals surface area contributed by atoms with Crippen LogP contribution in [0.4, 0.5) is 5.69 Å². The lowest BCUT2D eigenvalue weighted by molar-refractivity contribution is 0.0727. The predicted molar refractivity (Wildman–Crippen MR) is 124 cm³/mol. The predicted octanol–water partition coefficient (Wildman–Crippen LogP) is 1.74. The van der Waals surface area contributed by atoms with Crippen LogP contribution in [0.5, 0.6) is 0 Å². The monoisotopic (exact) mass is 471 g/mol. The molecule has 0 saturated carbocycles. The van der Waals surface area contributed by atoms with Gasteiger partial charge in [0.15, 0.2) is 0 Å². The zero-order valence-electron chi connectivity index (χ0n) is 18.6. The largest absolute Gasteiger partial charge is 0.379 e. The lowest BCUT2D eigenvalue weighted by atomic mass is 9.99. The van der Waals surface area contributed by atoms with Gasteiger partial charge in [0.25, 0.3) is 5.91 Å². The van der Waals surface area contributed by atoms with Crippen LogP contribution in [-0.4, -0.2) is 82.7 Å². The highest BCUT2D eigenvalue weighted by molar-refractivity contribution is 7.89. The van der Waals surface area contributed by atoms with Crippen LogP contribution >= 0.6 is 0 Å². The molecule has 0 unspecified atom stereocenters. The SMILES string of the molecule is O=C(c1cc(S(=O)(=O)N2CCOCC2)ccc1N1CCOCC1)N1CCc2ccccc2C1. The highest BCUT2D eigenvalue weighted by Gasteiger charge is 2.31. The van der Waals surface area contributed by atoms with Crippen molar-refractivity contribution >= 4 is 21.6 Å². The van der Waals surface area contributed by atoms with E-state index >= 15 is 0 Å². The number of carbonyl (C=O) groups excluding carboxylic acids is 1.